The lowest BCUT2D eigenvalue weighted by Gasteiger charge is -2.09. The fraction of sp³-hybridized carbons (Fsp3) is 0.125. The van der Waals surface area contributed by atoms with Crippen LogP contribution in [0.1, 0.15) is 32.6 Å². The van der Waals surface area contributed by atoms with Crippen molar-refractivity contribution in [2.75, 3.05) is 0 Å². The molecule has 5 rings (SSSR count). The first-order chi connectivity index (χ1) is 15.8. The molecule has 0 spiro atoms. The highest BCUT2D eigenvalue weighted by Crippen LogP contribution is 2.30. The summed E-state index contributed by atoms with van der Waals surface area (Å²) >= 11 is 0. The normalized spacial score (nSPS) is 12.0. The second-order valence-corrected chi connectivity index (χ2v) is 7.82. The summed E-state index contributed by atoms with van der Waals surface area (Å²) in [6.45, 7) is 0.297. The topological polar surface area (TPSA) is 83.8 Å². The summed E-state index contributed by atoms with van der Waals surface area (Å²) < 4.78 is 40.6. The Labute approximate surface area is 185 Å². The van der Waals surface area contributed by atoms with Gasteiger partial charge in [0.1, 0.15) is 5.52 Å². The number of benzene rings is 3. The van der Waals surface area contributed by atoms with Crippen LogP contribution >= 0.6 is 0 Å². The van der Waals surface area contributed by atoms with Crippen LogP contribution < -0.4 is 0 Å². The largest absolute Gasteiger partial charge is 0.478 e. The third-order valence-corrected chi connectivity index (χ3v) is 5.67. The molecular formula is C24H17F3N4O2. The first-order valence-corrected chi connectivity index (χ1v) is 10.1. The Kier molecular flexibility index (Phi) is 4.88. The van der Waals surface area contributed by atoms with Crippen molar-refractivity contribution in [1.82, 2.24) is 20.0 Å². The van der Waals surface area contributed by atoms with Crippen molar-refractivity contribution in [3.05, 3.63) is 94.7 Å². The third kappa shape index (κ3) is 3.93. The SMILES string of the molecule is O=C(O)c1ccc2c(Cc3cccc4[nH]nnc34)cn(Cc3ccc(C(F)(F)F)cc3)c2c1. The molecule has 5 aromatic rings. The number of H-pyrrole nitrogens is 1. The maximum absolute atomic E-state index is 12.9. The highest BCUT2D eigenvalue weighted by atomic mass is 19.4. The number of carboxylic acids is 1. The first kappa shape index (κ1) is 20.7. The Balaban J connectivity index is 1.57. The van der Waals surface area contributed by atoms with Crippen LogP contribution in [0, 0.1) is 0 Å². The molecule has 166 valence electrons. The molecule has 3 aromatic carbocycles. The predicted octanol–water partition coefficient (Wildman–Crippen LogP) is 5.27. The molecule has 0 bridgehead atoms. The standard InChI is InChI=1S/C24H17F3N4O2/c25-24(26,27)18-7-4-14(5-8-18)12-31-13-17(19-9-6-16(23(32)33)11-21(19)31)10-15-2-1-3-20-22(15)29-30-28-20/h1-9,11,13H,10,12H2,(H,32,33)(H,28,29,30). The van der Waals surface area contributed by atoms with Gasteiger partial charge in [0.05, 0.1) is 16.6 Å². The van der Waals surface area contributed by atoms with Gasteiger partial charge in [0.25, 0.3) is 0 Å². The van der Waals surface area contributed by atoms with E-state index in [2.05, 4.69) is 15.4 Å². The number of aromatic nitrogens is 4. The number of alkyl halides is 3. The van der Waals surface area contributed by atoms with Gasteiger partial charge in [-0.05, 0) is 47.0 Å². The van der Waals surface area contributed by atoms with E-state index in [0.29, 0.717) is 24.0 Å². The van der Waals surface area contributed by atoms with Crippen molar-refractivity contribution in [2.24, 2.45) is 0 Å². The van der Waals surface area contributed by atoms with Crippen LogP contribution in [0.2, 0.25) is 0 Å². The Bertz CT molecular complexity index is 1480. The van der Waals surface area contributed by atoms with Gasteiger partial charge >= 0.3 is 12.1 Å². The van der Waals surface area contributed by atoms with Crippen molar-refractivity contribution in [3.8, 4) is 0 Å². The van der Waals surface area contributed by atoms with Crippen LogP contribution in [0.4, 0.5) is 13.2 Å². The summed E-state index contributed by atoms with van der Waals surface area (Å²) in [5.41, 5.74) is 4.26. The van der Waals surface area contributed by atoms with Crippen LogP contribution in [0.3, 0.4) is 0 Å². The van der Waals surface area contributed by atoms with Crippen LogP contribution in [0.15, 0.2) is 66.9 Å². The summed E-state index contributed by atoms with van der Waals surface area (Å²) in [6.07, 6.45) is -1.95. The molecule has 0 aliphatic rings. The maximum atomic E-state index is 12.9. The molecule has 0 fully saturated rings. The van der Waals surface area contributed by atoms with Gasteiger partial charge in [-0.15, -0.1) is 5.10 Å². The van der Waals surface area contributed by atoms with Crippen molar-refractivity contribution < 1.29 is 23.1 Å². The molecule has 33 heavy (non-hydrogen) atoms. The van der Waals surface area contributed by atoms with Gasteiger partial charge in [0.15, 0.2) is 0 Å². The number of carboxylic acid groups (broad SMARTS) is 1. The maximum Gasteiger partial charge on any atom is 0.416 e. The highest BCUT2D eigenvalue weighted by Gasteiger charge is 2.30. The third-order valence-electron chi connectivity index (χ3n) is 5.67. The zero-order chi connectivity index (χ0) is 23.2. The van der Waals surface area contributed by atoms with Gasteiger partial charge in [-0.3, -0.25) is 5.10 Å². The minimum atomic E-state index is -4.40. The number of rotatable bonds is 5. The molecule has 0 saturated carbocycles. The van der Waals surface area contributed by atoms with E-state index in [-0.39, 0.29) is 5.56 Å². The van der Waals surface area contributed by atoms with E-state index in [4.69, 9.17) is 0 Å². The zero-order valence-electron chi connectivity index (χ0n) is 17.1. The zero-order valence-corrected chi connectivity index (χ0v) is 17.1. The summed E-state index contributed by atoms with van der Waals surface area (Å²) in [7, 11) is 0. The molecule has 0 saturated heterocycles. The lowest BCUT2D eigenvalue weighted by molar-refractivity contribution is -0.137. The summed E-state index contributed by atoms with van der Waals surface area (Å²) in [4.78, 5) is 11.5. The van der Waals surface area contributed by atoms with Gasteiger partial charge in [0, 0.05) is 30.1 Å². The summed E-state index contributed by atoms with van der Waals surface area (Å²) in [5.74, 6) is -1.05. The quantitative estimate of drug-likeness (QED) is 0.382. The first-order valence-electron chi connectivity index (χ1n) is 10.1. The average Bonchev–Trinajstić information content (AvgIpc) is 3.39. The van der Waals surface area contributed by atoms with Crippen LogP contribution in [-0.4, -0.2) is 31.1 Å². The highest BCUT2D eigenvalue weighted by molar-refractivity contribution is 5.95. The number of carbonyl (C=O) groups is 1. The van der Waals surface area contributed by atoms with E-state index in [9.17, 15) is 23.1 Å². The monoisotopic (exact) mass is 450 g/mol. The molecule has 0 amide bonds. The Hall–Kier alpha value is -4.14. The molecule has 0 atom stereocenters. The smallest absolute Gasteiger partial charge is 0.416 e. The van der Waals surface area contributed by atoms with Gasteiger partial charge in [0.2, 0.25) is 0 Å². The number of aromatic carboxylic acids is 1. The van der Waals surface area contributed by atoms with Gasteiger partial charge < -0.3 is 9.67 Å². The lowest BCUT2D eigenvalue weighted by Crippen LogP contribution is -2.05. The number of nitrogens with zero attached hydrogens (tertiary/aromatic N) is 3. The lowest BCUT2D eigenvalue weighted by atomic mass is 10.0. The van der Waals surface area contributed by atoms with Gasteiger partial charge in [-0.25, -0.2) is 4.79 Å². The molecule has 0 unspecified atom stereocenters. The van der Waals surface area contributed by atoms with E-state index >= 15 is 0 Å². The molecule has 9 heteroatoms. The predicted molar refractivity (Wildman–Crippen MR) is 116 cm³/mol. The van der Waals surface area contributed by atoms with Crippen LogP contribution in [0.5, 0.6) is 0 Å². The molecule has 2 heterocycles. The number of halogens is 3. The fourth-order valence-electron chi connectivity index (χ4n) is 4.04. The molecular weight excluding hydrogens is 433 g/mol. The molecule has 0 radical (unpaired) electrons. The number of hydrogen-bond donors (Lipinski definition) is 2. The van der Waals surface area contributed by atoms with Crippen molar-refractivity contribution in [2.45, 2.75) is 19.1 Å². The number of fused-ring (bicyclic) bond motifs is 2. The van der Waals surface area contributed by atoms with Crippen molar-refractivity contribution in [3.63, 3.8) is 0 Å². The average molecular weight is 450 g/mol. The second-order valence-electron chi connectivity index (χ2n) is 7.82. The van der Waals surface area contributed by atoms with E-state index in [1.807, 2.05) is 29.0 Å². The summed E-state index contributed by atoms with van der Waals surface area (Å²) in [6, 6.07) is 15.6. The Morgan fingerprint density at radius 1 is 1.03 bits per heavy atom. The Morgan fingerprint density at radius 3 is 2.55 bits per heavy atom. The second kappa shape index (κ2) is 7.77. The minimum Gasteiger partial charge on any atom is -0.478 e. The van der Waals surface area contributed by atoms with E-state index in [1.165, 1.54) is 12.1 Å². The number of hydrogen-bond acceptors (Lipinski definition) is 3. The van der Waals surface area contributed by atoms with Gasteiger partial charge in [-0.2, -0.15) is 13.2 Å². The van der Waals surface area contributed by atoms with Crippen LogP contribution in [-0.2, 0) is 19.1 Å². The molecule has 6 nitrogen and oxygen atoms in total. The number of nitrogens with one attached hydrogen (secondary N) is 1. The molecule has 0 aliphatic carbocycles. The van der Waals surface area contributed by atoms with Crippen molar-refractivity contribution >= 4 is 27.9 Å². The van der Waals surface area contributed by atoms with Crippen LogP contribution in [0.25, 0.3) is 21.9 Å². The fourth-order valence-corrected chi connectivity index (χ4v) is 4.04. The van der Waals surface area contributed by atoms with Gasteiger partial charge in [-0.1, -0.05) is 35.5 Å². The summed E-state index contributed by atoms with van der Waals surface area (Å²) in [5, 5.41) is 21.2. The number of aromatic amines is 1. The van der Waals surface area contributed by atoms with E-state index in [0.717, 1.165) is 39.7 Å². The van der Waals surface area contributed by atoms with E-state index < -0.39 is 17.7 Å². The Morgan fingerprint density at radius 2 is 1.82 bits per heavy atom. The molecule has 2 N–H and O–H groups in total. The minimum absolute atomic E-state index is 0.138. The van der Waals surface area contributed by atoms with E-state index in [1.54, 1.807) is 18.2 Å². The van der Waals surface area contributed by atoms with Crippen molar-refractivity contribution in [1.29, 1.82) is 0 Å². The molecule has 0 aliphatic heterocycles. The molecule has 2 aromatic heterocycles.